The number of para-hydroxylation sites is 1. The standard InChI is InChI=1S/C16H17N3O2/c1-12-15(18-11-21-12)16(20)17-8-4-9-19-10-7-13-5-2-3-6-14(13)19/h2-3,5-7,10-11H,4,8-9H2,1H3,(H,17,20). The second kappa shape index (κ2) is 5.83. The van der Waals surface area contributed by atoms with Gasteiger partial charge in [-0.15, -0.1) is 0 Å². The number of nitrogens with zero attached hydrogens (tertiary/aromatic N) is 2. The van der Waals surface area contributed by atoms with Gasteiger partial charge in [0, 0.05) is 24.8 Å². The fraction of sp³-hybridized carbons (Fsp3) is 0.250. The maximum absolute atomic E-state index is 11.9. The van der Waals surface area contributed by atoms with E-state index in [2.05, 4.69) is 39.3 Å². The predicted octanol–water partition coefficient (Wildman–Crippen LogP) is 2.76. The maximum atomic E-state index is 11.9. The van der Waals surface area contributed by atoms with Gasteiger partial charge in [-0.1, -0.05) is 18.2 Å². The average molecular weight is 283 g/mol. The molecule has 0 aliphatic heterocycles. The molecule has 0 aliphatic rings. The molecule has 1 N–H and O–H groups in total. The number of rotatable bonds is 5. The lowest BCUT2D eigenvalue weighted by molar-refractivity contribution is 0.0947. The van der Waals surface area contributed by atoms with E-state index >= 15 is 0 Å². The second-order valence-electron chi connectivity index (χ2n) is 4.93. The number of hydrogen-bond donors (Lipinski definition) is 1. The third-order valence-electron chi connectivity index (χ3n) is 3.50. The van der Waals surface area contributed by atoms with Crippen LogP contribution in [0.3, 0.4) is 0 Å². The Balaban J connectivity index is 1.53. The van der Waals surface area contributed by atoms with E-state index in [9.17, 15) is 4.79 Å². The summed E-state index contributed by atoms with van der Waals surface area (Å²) < 4.78 is 7.22. The summed E-state index contributed by atoms with van der Waals surface area (Å²) in [6, 6.07) is 10.4. The molecule has 1 amide bonds. The highest BCUT2D eigenvalue weighted by Crippen LogP contribution is 2.15. The van der Waals surface area contributed by atoms with E-state index < -0.39 is 0 Å². The van der Waals surface area contributed by atoms with Crippen LogP contribution in [0.2, 0.25) is 0 Å². The normalized spacial score (nSPS) is 10.9. The highest BCUT2D eigenvalue weighted by Gasteiger charge is 2.12. The summed E-state index contributed by atoms with van der Waals surface area (Å²) >= 11 is 0. The Labute approximate surface area is 122 Å². The van der Waals surface area contributed by atoms with Crippen LogP contribution in [0.15, 0.2) is 47.3 Å². The fourth-order valence-electron chi connectivity index (χ4n) is 2.39. The van der Waals surface area contributed by atoms with Crippen molar-refractivity contribution in [1.29, 1.82) is 0 Å². The zero-order valence-electron chi connectivity index (χ0n) is 11.9. The first-order valence-electron chi connectivity index (χ1n) is 6.98. The van der Waals surface area contributed by atoms with Gasteiger partial charge in [-0.05, 0) is 30.9 Å². The van der Waals surface area contributed by atoms with Crippen LogP contribution in [0.4, 0.5) is 0 Å². The number of carbonyl (C=O) groups excluding carboxylic acids is 1. The van der Waals surface area contributed by atoms with Gasteiger partial charge in [-0.25, -0.2) is 4.98 Å². The van der Waals surface area contributed by atoms with E-state index in [1.54, 1.807) is 6.92 Å². The van der Waals surface area contributed by atoms with Crippen LogP contribution < -0.4 is 5.32 Å². The molecule has 0 spiro atoms. The molecule has 3 rings (SSSR count). The van der Waals surface area contributed by atoms with Crippen LogP contribution in [0.25, 0.3) is 10.9 Å². The van der Waals surface area contributed by atoms with E-state index in [1.807, 2.05) is 12.1 Å². The van der Waals surface area contributed by atoms with Crippen molar-refractivity contribution in [3.63, 3.8) is 0 Å². The van der Waals surface area contributed by atoms with E-state index in [-0.39, 0.29) is 5.91 Å². The highest BCUT2D eigenvalue weighted by molar-refractivity contribution is 5.92. The molecule has 0 saturated carbocycles. The molecule has 0 atom stereocenters. The number of aryl methyl sites for hydroxylation is 2. The fourth-order valence-corrected chi connectivity index (χ4v) is 2.39. The molecule has 0 fully saturated rings. The summed E-state index contributed by atoms with van der Waals surface area (Å²) in [7, 11) is 0. The van der Waals surface area contributed by atoms with Crippen molar-refractivity contribution in [3.8, 4) is 0 Å². The number of oxazole rings is 1. The number of aromatic nitrogens is 2. The SMILES string of the molecule is Cc1ocnc1C(=O)NCCCn1ccc2ccccc21. The number of nitrogens with one attached hydrogen (secondary N) is 1. The van der Waals surface area contributed by atoms with Crippen LogP contribution in [0.1, 0.15) is 22.7 Å². The molecule has 2 heterocycles. The first kappa shape index (κ1) is 13.4. The van der Waals surface area contributed by atoms with Gasteiger partial charge < -0.3 is 14.3 Å². The first-order valence-corrected chi connectivity index (χ1v) is 6.98. The van der Waals surface area contributed by atoms with Crippen molar-refractivity contribution in [2.75, 3.05) is 6.54 Å². The molecule has 1 aromatic carbocycles. The highest BCUT2D eigenvalue weighted by atomic mass is 16.3. The van der Waals surface area contributed by atoms with Crippen molar-refractivity contribution >= 4 is 16.8 Å². The number of hydrogen-bond acceptors (Lipinski definition) is 3. The minimum absolute atomic E-state index is 0.182. The van der Waals surface area contributed by atoms with Gasteiger partial charge in [0.25, 0.3) is 5.91 Å². The van der Waals surface area contributed by atoms with Crippen molar-refractivity contribution in [3.05, 3.63) is 54.4 Å². The Morgan fingerprint density at radius 1 is 1.33 bits per heavy atom. The Morgan fingerprint density at radius 3 is 3.00 bits per heavy atom. The lowest BCUT2D eigenvalue weighted by atomic mass is 10.2. The molecule has 5 nitrogen and oxygen atoms in total. The zero-order chi connectivity index (χ0) is 14.7. The van der Waals surface area contributed by atoms with Crippen LogP contribution in [-0.4, -0.2) is 22.0 Å². The Hall–Kier alpha value is -2.56. The van der Waals surface area contributed by atoms with Crippen molar-refractivity contribution in [2.24, 2.45) is 0 Å². The Morgan fingerprint density at radius 2 is 2.19 bits per heavy atom. The summed E-state index contributed by atoms with van der Waals surface area (Å²) in [5.74, 6) is 0.363. The van der Waals surface area contributed by atoms with Crippen molar-refractivity contribution in [2.45, 2.75) is 19.9 Å². The smallest absolute Gasteiger partial charge is 0.273 e. The van der Waals surface area contributed by atoms with Gasteiger partial charge in [0.1, 0.15) is 5.76 Å². The minimum atomic E-state index is -0.182. The van der Waals surface area contributed by atoms with E-state index in [4.69, 9.17) is 4.42 Å². The van der Waals surface area contributed by atoms with Gasteiger partial charge in [0.15, 0.2) is 12.1 Å². The number of carbonyl (C=O) groups is 1. The third kappa shape index (κ3) is 2.81. The van der Waals surface area contributed by atoms with Crippen molar-refractivity contribution in [1.82, 2.24) is 14.9 Å². The average Bonchev–Trinajstić information content (AvgIpc) is 3.10. The van der Waals surface area contributed by atoms with Gasteiger partial charge in [0.05, 0.1) is 0 Å². The number of fused-ring (bicyclic) bond motifs is 1. The molecule has 0 saturated heterocycles. The van der Waals surface area contributed by atoms with Crippen LogP contribution in [-0.2, 0) is 6.54 Å². The van der Waals surface area contributed by atoms with Crippen molar-refractivity contribution < 1.29 is 9.21 Å². The largest absolute Gasteiger partial charge is 0.448 e. The molecule has 2 aromatic heterocycles. The molecular formula is C16H17N3O2. The molecule has 0 radical (unpaired) electrons. The maximum Gasteiger partial charge on any atom is 0.273 e. The topological polar surface area (TPSA) is 60.1 Å². The molecule has 108 valence electrons. The summed E-state index contributed by atoms with van der Waals surface area (Å²) in [5.41, 5.74) is 1.58. The Kier molecular flexibility index (Phi) is 3.73. The quantitative estimate of drug-likeness (QED) is 0.732. The van der Waals surface area contributed by atoms with E-state index in [0.29, 0.717) is 18.0 Å². The molecule has 5 heteroatoms. The molecule has 0 bridgehead atoms. The third-order valence-corrected chi connectivity index (χ3v) is 3.50. The van der Waals surface area contributed by atoms with E-state index in [0.717, 1.165) is 13.0 Å². The summed E-state index contributed by atoms with van der Waals surface area (Å²) in [6.45, 7) is 3.21. The molecule has 0 aliphatic carbocycles. The lowest BCUT2D eigenvalue weighted by Gasteiger charge is -2.06. The van der Waals surface area contributed by atoms with E-state index in [1.165, 1.54) is 17.3 Å². The number of amides is 1. The Bertz CT molecular complexity index is 758. The van der Waals surface area contributed by atoms with Gasteiger partial charge >= 0.3 is 0 Å². The summed E-state index contributed by atoms with van der Waals surface area (Å²) in [5, 5.41) is 4.10. The monoisotopic (exact) mass is 283 g/mol. The second-order valence-corrected chi connectivity index (χ2v) is 4.93. The van der Waals surface area contributed by atoms with Crippen LogP contribution in [0.5, 0.6) is 0 Å². The minimum Gasteiger partial charge on any atom is -0.448 e. The lowest BCUT2D eigenvalue weighted by Crippen LogP contribution is -2.26. The van der Waals surface area contributed by atoms with Gasteiger partial charge in [-0.3, -0.25) is 4.79 Å². The van der Waals surface area contributed by atoms with Crippen LogP contribution >= 0.6 is 0 Å². The van der Waals surface area contributed by atoms with Gasteiger partial charge in [-0.2, -0.15) is 0 Å². The predicted molar refractivity (Wildman–Crippen MR) is 80.1 cm³/mol. The first-order chi connectivity index (χ1) is 10.3. The molecule has 0 unspecified atom stereocenters. The van der Waals surface area contributed by atoms with Crippen LogP contribution in [0, 0.1) is 6.92 Å². The summed E-state index contributed by atoms with van der Waals surface area (Å²) in [4.78, 5) is 15.8. The summed E-state index contributed by atoms with van der Waals surface area (Å²) in [6.07, 6.45) is 4.23. The van der Waals surface area contributed by atoms with Gasteiger partial charge in [0.2, 0.25) is 0 Å². The number of benzene rings is 1. The zero-order valence-corrected chi connectivity index (χ0v) is 11.9. The molecule has 21 heavy (non-hydrogen) atoms. The molecule has 3 aromatic rings. The molecular weight excluding hydrogens is 266 g/mol.